The molecule has 0 aliphatic carbocycles. The van der Waals surface area contributed by atoms with Crippen LogP contribution in [0.5, 0.6) is 5.75 Å². The number of anilines is 1. The van der Waals surface area contributed by atoms with Gasteiger partial charge in [0.2, 0.25) is 24.0 Å². The first-order valence-electron chi connectivity index (χ1n) is 25.8. The zero-order valence-corrected chi connectivity index (χ0v) is 45.6. The molecule has 0 aromatic heterocycles. The summed E-state index contributed by atoms with van der Waals surface area (Å²) in [6.45, 7) is 9.64. The first-order chi connectivity index (χ1) is 36.4. The Bertz CT molecular complexity index is 2290. The summed E-state index contributed by atoms with van der Waals surface area (Å²) in [6, 6.07) is 10.8. The minimum Gasteiger partial charge on any atom is -0.479 e. The predicted molar refractivity (Wildman–Crippen MR) is 276 cm³/mol. The van der Waals surface area contributed by atoms with Crippen LogP contribution in [0.3, 0.4) is 0 Å². The molecule has 0 saturated carbocycles. The SMILES string of the molecule is CC[C@H](C)C([C@@H](CC(=O)N1CCC[C@H]1[C@H](OC)[C@@H](C)C(=O)C[C@H](C)[C@@H](O)c1ccccc1)OC)N(C)C(=O)CNC(=O)C(C(C)C)N(C)C(=O)OCc1cc(NC(=O)CON)ccc1OC1OC(C(=O)O)C(O)C(O)C1O. The second-order valence-electron chi connectivity index (χ2n) is 20.3. The minimum atomic E-state index is -2.00. The summed E-state index contributed by atoms with van der Waals surface area (Å²) >= 11 is 0. The average molecular weight is 1090 g/mol. The molecule has 0 spiro atoms. The van der Waals surface area contributed by atoms with Crippen molar-refractivity contribution in [3.63, 3.8) is 0 Å². The van der Waals surface area contributed by atoms with E-state index in [2.05, 4.69) is 15.5 Å². The minimum absolute atomic E-state index is 0.0238. The normalized spacial score (nSPS) is 22.6. The van der Waals surface area contributed by atoms with E-state index in [-0.39, 0.29) is 53.4 Å². The van der Waals surface area contributed by atoms with Crippen LogP contribution in [0.4, 0.5) is 10.5 Å². The Labute approximate surface area is 449 Å². The molecular weight excluding hydrogens is 1010 g/mol. The number of hydrogen-bond acceptors (Lipinski definition) is 18. The third-order valence-corrected chi connectivity index (χ3v) is 14.6. The number of nitrogens with two attached hydrogens (primary N) is 1. The fraction of sp³-hybridized carbons (Fsp3) is 0.642. The van der Waals surface area contributed by atoms with Crippen LogP contribution in [0, 0.1) is 23.7 Å². The highest BCUT2D eigenvalue weighted by molar-refractivity contribution is 5.92. The van der Waals surface area contributed by atoms with Gasteiger partial charge in [-0.15, -0.1) is 0 Å². The van der Waals surface area contributed by atoms with Gasteiger partial charge in [0, 0.05) is 58.4 Å². The summed E-state index contributed by atoms with van der Waals surface area (Å²) in [5.41, 5.74) is 0.877. The number of Topliss-reactive ketones (excluding diaryl/α,β-unsaturated/α-hetero) is 1. The molecule has 7 unspecified atom stereocenters. The molecule has 24 heteroatoms. The second kappa shape index (κ2) is 29.8. The summed E-state index contributed by atoms with van der Waals surface area (Å²) < 4.78 is 28.5. The fourth-order valence-corrected chi connectivity index (χ4v) is 10.1. The Kier molecular flexibility index (Phi) is 24.6. The zero-order valence-electron chi connectivity index (χ0n) is 45.6. The van der Waals surface area contributed by atoms with Crippen LogP contribution >= 0.6 is 0 Å². The molecule has 2 aromatic rings. The number of nitrogens with zero attached hydrogens (tertiary/aromatic N) is 3. The van der Waals surface area contributed by atoms with Gasteiger partial charge in [0.15, 0.2) is 6.10 Å². The molecule has 430 valence electrons. The number of amides is 5. The number of carboxylic acids is 1. The molecule has 4 rings (SSSR count). The van der Waals surface area contributed by atoms with E-state index in [9.17, 15) is 59.1 Å². The number of aliphatic carboxylic acids is 1. The summed E-state index contributed by atoms with van der Waals surface area (Å²) in [7, 11) is 5.86. The Morgan fingerprint density at radius 2 is 1.56 bits per heavy atom. The summed E-state index contributed by atoms with van der Waals surface area (Å²) in [6.07, 6.45) is -11.1. The van der Waals surface area contributed by atoms with Crippen LogP contribution < -0.4 is 21.3 Å². The lowest BCUT2D eigenvalue weighted by Gasteiger charge is -2.39. The average Bonchev–Trinajstić information content (AvgIpc) is 3.89. The predicted octanol–water partition coefficient (Wildman–Crippen LogP) is 1.74. The molecule has 2 fully saturated rings. The van der Waals surface area contributed by atoms with E-state index in [1.54, 1.807) is 32.7 Å². The molecular formula is C53H80N6O18. The number of ketones is 1. The van der Waals surface area contributed by atoms with E-state index in [1.807, 2.05) is 51.1 Å². The van der Waals surface area contributed by atoms with Gasteiger partial charge in [0.1, 0.15) is 49.1 Å². The van der Waals surface area contributed by atoms with Crippen LogP contribution in [-0.4, -0.2) is 191 Å². The van der Waals surface area contributed by atoms with Gasteiger partial charge in [-0.05, 0) is 54.4 Å². The summed E-state index contributed by atoms with van der Waals surface area (Å²) in [5, 5.41) is 56.7. The number of likely N-dealkylation sites (tertiary alicyclic amines) is 1. The molecule has 2 saturated heterocycles. The topological polar surface area (TPSA) is 336 Å². The molecule has 24 nitrogen and oxygen atoms in total. The maximum atomic E-state index is 14.3. The quantitative estimate of drug-likeness (QED) is 0.0563. The van der Waals surface area contributed by atoms with E-state index in [1.165, 1.54) is 44.4 Å². The Morgan fingerprint density at radius 1 is 0.883 bits per heavy atom. The van der Waals surface area contributed by atoms with Crippen molar-refractivity contribution in [2.75, 3.05) is 53.3 Å². The van der Waals surface area contributed by atoms with Crippen LogP contribution in [0.1, 0.15) is 90.9 Å². The molecule has 2 aliphatic rings. The van der Waals surface area contributed by atoms with Crippen LogP contribution in [-0.2, 0) is 59.2 Å². The smallest absolute Gasteiger partial charge is 0.410 e. The molecule has 2 aliphatic heterocycles. The van der Waals surface area contributed by atoms with Crippen molar-refractivity contribution in [1.82, 2.24) is 20.0 Å². The third kappa shape index (κ3) is 16.6. The van der Waals surface area contributed by atoms with Gasteiger partial charge in [-0.1, -0.05) is 78.3 Å². The number of aliphatic hydroxyl groups excluding tert-OH is 4. The number of likely N-dealkylation sites (N-methyl/N-ethyl adjacent to an activating group) is 2. The summed E-state index contributed by atoms with van der Waals surface area (Å²) in [5.74, 6) is -0.656. The Balaban J connectivity index is 1.43. The van der Waals surface area contributed by atoms with Gasteiger partial charge in [0.25, 0.3) is 5.91 Å². The van der Waals surface area contributed by atoms with E-state index in [0.29, 0.717) is 25.8 Å². The second-order valence-corrected chi connectivity index (χ2v) is 20.3. The number of ether oxygens (including phenoxy) is 5. The van der Waals surface area contributed by atoms with Crippen molar-refractivity contribution in [2.24, 2.45) is 29.6 Å². The van der Waals surface area contributed by atoms with Crippen molar-refractivity contribution in [3.05, 3.63) is 59.7 Å². The van der Waals surface area contributed by atoms with Gasteiger partial charge in [-0.3, -0.25) is 33.7 Å². The summed E-state index contributed by atoms with van der Waals surface area (Å²) in [4.78, 5) is 102. The van der Waals surface area contributed by atoms with Crippen LogP contribution in [0.2, 0.25) is 0 Å². The Morgan fingerprint density at radius 3 is 2.16 bits per heavy atom. The van der Waals surface area contributed by atoms with Gasteiger partial charge in [-0.25, -0.2) is 15.5 Å². The number of hydrogen-bond donors (Lipinski definition) is 8. The van der Waals surface area contributed by atoms with Gasteiger partial charge < -0.3 is 69.7 Å². The maximum Gasteiger partial charge on any atom is 0.410 e. The van der Waals surface area contributed by atoms with E-state index in [0.717, 1.165) is 10.5 Å². The van der Waals surface area contributed by atoms with Crippen LogP contribution in [0.25, 0.3) is 0 Å². The van der Waals surface area contributed by atoms with Crippen molar-refractivity contribution < 1.29 is 87.6 Å². The molecule has 0 bridgehead atoms. The number of carbonyl (C=O) groups excluding carboxylic acids is 6. The monoisotopic (exact) mass is 1090 g/mol. The number of nitrogens with one attached hydrogen (secondary N) is 2. The number of carboxylic acid groups (broad SMARTS) is 1. The number of benzene rings is 2. The first kappa shape index (κ1) is 63.7. The van der Waals surface area contributed by atoms with Gasteiger partial charge in [-0.2, -0.15) is 0 Å². The highest BCUT2D eigenvalue weighted by Gasteiger charge is 2.49. The lowest BCUT2D eigenvalue weighted by Crippen LogP contribution is -2.61. The molecule has 9 N–H and O–H groups in total. The molecule has 14 atom stereocenters. The van der Waals surface area contributed by atoms with Crippen molar-refractivity contribution in [3.8, 4) is 5.75 Å². The Hall–Kier alpha value is -5.83. The maximum absolute atomic E-state index is 14.3. The van der Waals surface area contributed by atoms with Gasteiger partial charge >= 0.3 is 12.1 Å². The first-order valence-corrected chi connectivity index (χ1v) is 25.8. The number of carbonyl (C=O) groups is 7. The van der Waals surface area contributed by atoms with Gasteiger partial charge in [0.05, 0.1) is 43.4 Å². The molecule has 2 heterocycles. The van der Waals surface area contributed by atoms with Crippen molar-refractivity contribution in [1.29, 1.82) is 0 Å². The molecule has 2 aromatic carbocycles. The van der Waals surface area contributed by atoms with E-state index in [4.69, 9.17) is 29.6 Å². The zero-order chi connectivity index (χ0) is 57.4. The molecule has 0 radical (unpaired) electrons. The van der Waals surface area contributed by atoms with E-state index >= 15 is 0 Å². The molecule has 77 heavy (non-hydrogen) atoms. The fourth-order valence-electron chi connectivity index (χ4n) is 10.1. The largest absolute Gasteiger partial charge is 0.479 e. The van der Waals surface area contributed by atoms with E-state index < -0.39 is 129 Å². The third-order valence-electron chi connectivity index (χ3n) is 14.6. The lowest BCUT2D eigenvalue weighted by molar-refractivity contribution is -0.271. The van der Waals surface area contributed by atoms with Crippen molar-refractivity contribution >= 4 is 47.2 Å². The highest BCUT2D eigenvalue weighted by Crippen LogP contribution is 2.33. The van der Waals surface area contributed by atoms with Crippen LogP contribution in [0.15, 0.2) is 48.5 Å². The number of rotatable bonds is 28. The standard InChI is InChI=1S/C53H80N6O18/c1-11-29(4)43(38(72-9)24-40(62)59-21-15-18-35(59)48(73-10)31(6)36(60)22-30(5)44(64)32-16-13-12-14-17-32)57(7)41(63)25-55-50(68)42(28(2)3)58(8)53(71)74-26-33-23-34(56-39(61)27-75-54)19-20-37(33)76-52-47(67)45(65)46(66)49(77-52)51(69)70/h12-14,16-17,19-20,23,28-31,35,38,42-49,52,64-67H,11,15,18,21-22,24-27,54H2,1-10H3,(H,55,68)(H,56,61)(H,69,70)/t29-,30-,31-,35-,38+,42?,43?,44+,45?,46?,47?,48+,49?,52?/m0/s1. The number of methoxy groups -OCH3 is 2. The number of aliphatic hydroxyl groups is 4. The lowest BCUT2D eigenvalue weighted by atomic mass is 9.85. The molecule has 5 amide bonds. The highest BCUT2D eigenvalue weighted by atomic mass is 16.7. The van der Waals surface area contributed by atoms with Crippen molar-refractivity contribution in [2.45, 2.75) is 147 Å².